The Kier molecular flexibility index (Phi) is 7.35. The van der Waals surface area contributed by atoms with E-state index in [1.54, 1.807) is 0 Å². The molecule has 3 nitrogen and oxygen atoms in total. The number of hydrogen-bond acceptors (Lipinski definition) is 4. The van der Waals surface area contributed by atoms with Gasteiger partial charge in [0.1, 0.15) is 0 Å². The molecule has 0 amide bonds. The number of rotatable bonds is 5. The van der Waals surface area contributed by atoms with E-state index >= 15 is 0 Å². The second-order valence-electron chi connectivity index (χ2n) is 13.9. The summed E-state index contributed by atoms with van der Waals surface area (Å²) in [5.41, 5.74) is 7.70. The summed E-state index contributed by atoms with van der Waals surface area (Å²) in [5, 5.41) is 10.3. The Balaban J connectivity index is 1.06. The van der Waals surface area contributed by atoms with Crippen LogP contribution in [-0.4, -0.2) is 15.0 Å². The second kappa shape index (κ2) is 12.8. The molecule has 2 aromatic heterocycles. The van der Waals surface area contributed by atoms with Crippen molar-refractivity contribution < 1.29 is 0 Å². The maximum absolute atomic E-state index is 4.97. The molecule has 2 heterocycles. The van der Waals surface area contributed by atoms with Crippen LogP contribution < -0.4 is 0 Å². The molecule has 0 fully saturated rings. The molecular formula is C51H31N3S. The van der Waals surface area contributed by atoms with Crippen LogP contribution in [0, 0.1) is 0 Å². The van der Waals surface area contributed by atoms with E-state index in [2.05, 4.69) is 127 Å². The van der Waals surface area contributed by atoms with Gasteiger partial charge in [-0.3, -0.25) is 0 Å². The van der Waals surface area contributed by atoms with Crippen LogP contribution in [0.1, 0.15) is 0 Å². The van der Waals surface area contributed by atoms with E-state index in [9.17, 15) is 0 Å². The van der Waals surface area contributed by atoms with Crippen molar-refractivity contribution in [1.82, 2.24) is 15.0 Å². The molecule has 0 unspecified atom stereocenters. The van der Waals surface area contributed by atoms with E-state index in [4.69, 9.17) is 15.0 Å². The summed E-state index contributed by atoms with van der Waals surface area (Å²) in [4.78, 5) is 14.8. The summed E-state index contributed by atoms with van der Waals surface area (Å²) in [6.45, 7) is 0. The van der Waals surface area contributed by atoms with Crippen molar-refractivity contribution in [3.8, 4) is 56.4 Å². The van der Waals surface area contributed by atoms with Gasteiger partial charge in [-0.15, -0.1) is 11.3 Å². The molecule has 0 saturated carbocycles. The molecule has 0 atom stereocenters. The molecule has 0 radical (unpaired) electrons. The van der Waals surface area contributed by atoms with E-state index < -0.39 is 0 Å². The highest BCUT2D eigenvalue weighted by Crippen LogP contribution is 2.45. The first-order chi connectivity index (χ1) is 27.3. The highest BCUT2D eigenvalue weighted by molar-refractivity contribution is 7.26. The van der Waals surface area contributed by atoms with Gasteiger partial charge in [0.25, 0.3) is 0 Å². The first-order valence-corrected chi connectivity index (χ1v) is 19.3. The largest absolute Gasteiger partial charge is 0.208 e. The van der Waals surface area contributed by atoms with Gasteiger partial charge in [0.2, 0.25) is 0 Å². The lowest BCUT2D eigenvalue weighted by Crippen LogP contribution is -2.00. The Morgan fingerprint density at radius 1 is 0.273 bits per heavy atom. The summed E-state index contributed by atoms with van der Waals surface area (Å²) in [6.07, 6.45) is 0. The predicted octanol–water partition coefficient (Wildman–Crippen LogP) is 14.0. The van der Waals surface area contributed by atoms with Crippen molar-refractivity contribution in [2.24, 2.45) is 0 Å². The van der Waals surface area contributed by atoms with Crippen molar-refractivity contribution in [3.05, 3.63) is 188 Å². The molecule has 4 heteroatoms. The van der Waals surface area contributed by atoms with Gasteiger partial charge in [0.15, 0.2) is 17.5 Å². The average molecular weight is 718 g/mol. The van der Waals surface area contributed by atoms with Crippen molar-refractivity contribution in [3.63, 3.8) is 0 Å². The maximum Gasteiger partial charge on any atom is 0.164 e. The first-order valence-electron chi connectivity index (χ1n) is 18.5. The zero-order valence-electron chi connectivity index (χ0n) is 29.6. The van der Waals surface area contributed by atoms with Crippen LogP contribution in [0.4, 0.5) is 0 Å². The molecule has 0 N–H and O–H groups in total. The molecule has 0 bridgehead atoms. The van der Waals surface area contributed by atoms with Gasteiger partial charge >= 0.3 is 0 Å². The third kappa shape index (κ3) is 5.30. The maximum atomic E-state index is 4.97. The van der Waals surface area contributed by atoms with Crippen molar-refractivity contribution in [1.29, 1.82) is 0 Å². The lowest BCUT2D eigenvalue weighted by Gasteiger charge is -2.13. The molecule has 55 heavy (non-hydrogen) atoms. The molecule has 11 rings (SSSR count). The molecule has 256 valence electrons. The second-order valence-corrected chi connectivity index (χ2v) is 15.0. The highest BCUT2D eigenvalue weighted by atomic mass is 32.1. The zero-order valence-corrected chi connectivity index (χ0v) is 30.5. The van der Waals surface area contributed by atoms with Gasteiger partial charge < -0.3 is 0 Å². The van der Waals surface area contributed by atoms with Gasteiger partial charge in [-0.25, -0.2) is 15.0 Å². The van der Waals surface area contributed by atoms with E-state index in [1.807, 2.05) is 72.0 Å². The smallest absolute Gasteiger partial charge is 0.164 e. The molecule has 0 aliphatic rings. The molecule has 0 spiro atoms. The van der Waals surface area contributed by atoms with Crippen LogP contribution in [0.15, 0.2) is 188 Å². The normalized spacial score (nSPS) is 11.6. The minimum Gasteiger partial charge on any atom is -0.208 e. The van der Waals surface area contributed by atoms with Crippen molar-refractivity contribution >= 4 is 63.8 Å². The summed E-state index contributed by atoms with van der Waals surface area (Å²) in [7, 11) is 0. The standard InChI is InChI=1S/C51H31N3S/c1-3-13-33(14-4-1)49-52-50(34-15-5-2-6-16-34)54-51(53-49)35-27-25-32(26-28-35)37-21-11-23-45-47(37)48-38(22-12-24-46(48)55-45)36-29-30-43-41-19-8-7-17-39(41)40-18-9-10-20-42(40)44(43)31-36/h1-31H. The van der Waals surface area contributed by atoms with Gasteiger partial charge in [0, 0.05) is 36.9 Å². The summed E-state index contributed by atoms with van der Waals surface area (Å²) in [5.74, 6) is 1.97. The fourth-order valence-corrected chi connectivity index (χ4v) is 9.32. The number of aromatic nitrogens is 3. The molecule has 11 aromatic rings. The minimum absolute atomic E-state index is 0.650. The Labute approximate surface area is 321 Å². The van der Waals surface area contributed by atoms with E-state index in [-0.39, 0.29) is 0 Å². The van der Waals surface area contributed by atoms with Crippen molar-refractivity contribution in [2.75, 3.05) is 0 Å². The Morgan fingerprint density at radius 2 is 0.655 bits per heavy atom. The molecule has 0 aliphatic carbocycles. The number of hydrogen-bond donors (Lipinski definition) is 0. The first kappa shape index (κ1) is 31.5. The Bertz CT molecular complexity index is 3150. The van der Waals surface area contributed by atoms with Gasteiger partial charge in [-0.1, -0.05) is 170 Å². The van der Waals surface area contributed by atoms with E-state index in [0.29, 0.717) is 17.5 Å². The lowest BCUT2D eigenvalue weighted by atomic mass is 9.90. The van der Waals surface area contributed by atoms with Gasteiger partial charge in [-0.05, 0) is 72.8 Å². The van der Waals surface area contributed by atoms with E-state index in [0.717, 1.165) is 22.3 Å². The number of thiophene rings is 1. The number of benzene rings is 9. The molecular weight excluding hydrogens is 687 g/mol. The van der Waals surface area contributed by atoms with Crippen LogP contribution in [0.3, 0.4) is 0 Å². The molecule has 9 aromatic carbocycles. The minimum atomic E-state index is 0.650. The van der Waals surface area contributed by atoms with Crippen LogP contribution >= 0.6 is 11.3 Å². The Morgan fingerprint density at radius 3 is 1.16 bits per heavy atom. The van der Waals surface area contributed by atoms with Crippen molar-refractivity contribution in [2.45, 2.75) is 0 Å². The quantitative estimate of drug-likeness (QED) is 0.166. The van der Waals surface area contributed by atoms with E-state index in [1.165, 1.54) is 69.2 Å². The van der Waals surface area contributed by atoms with Crippen LogP contribution in [0.25, 0.3) is 109 Å². The summed E-state index contributed by atoms with van der Waals surface area (Å²) < 4.78 is 2.56. The lowest BCUT2D eigenvalue weighted by molar-refractivity contribution is 1.07. The van der Waals surface area contributed by atoms with Gasteiger partial charge in [-0.2, -0.15) is 0 Å². The SMILES string of the molecule is c1ccc(-c2nc(-c3ccccc3)nc(-c3ccc(-c4cccc5sc6cccc(-c7ccc8c9ccccc9c9ccccc9c8c7)c6c45)cc3)n2)cc1. The molecule has 0 aliphatic heterocycles. The zero-order chi connectivity index (χ0) is 36.3. The van der Waals surface area contributed by atoms with Gasteiger partial charge in [0.05, 0.1) is 0 Å². The topological polar surface area (TPSA) is 38.7 Å². The van der Waals surface area contributed by atoms with Crippen LogP contribution in [-0.2, 0) is 0 Å². The molecule has 0 saturated heterocycles. The van der Waals surface area contributed by atoms with Crippen LogP contribution in [0.2, 0.25) is 0 Å². The van der Waals surface area contributed by atoms with Crippen LogP contribution in [0.5, 0.6) is 0 Å². The predicted molar refractivity (Wildman–Crippen MR) is 232 cm³/mol. The number of fused-ring (bicyclic) bond motifs is 9. The fraction of sp³-hybridized carbons (Fsp3) is 0. The number of nitrogens with zero attached hydrogens (tertiary/aromatic N) is 3. The Hall–Kier alpha value is -7.01. The fourth-order valence-electron chi connectivity index (χ4n) is 8.16. The average Bonchev–Trinajstić information content (AvgIpc) is 3.66. The summed E-state index contributed by atoms with van der Waals surface area (Å²) >= 11 is 1.86. The third-order valence-corrected chi connectivity index (χ3v) is 11.9. The summed E-state index contributed by atoms with van der Waals surface area (Å²) in [6, 6.07) is 67.0. The highest BCUT2D eigenvalue weighted by Gasteiger charge is 2.18. The monoisotopic (exact) mass is 717 g/mol. The third-order valence-electron chi connectivity index (χ3n) is 10.7.